The number of fused-ring (bicyclic) bond motifs is 1. The number of anilines is 1. The van der Waals surface area contributed by atoms with Gasteiger partial charge in [-0.3, -0.25) is 14.3 Å². The highest BCUT2D eigenvalue weighted by Crippen LogP contribution is 2.15. The summed E-state index contributed by atoms with van der Waals surface area (Å²) in [6, 6.07) is 9.62. The molecular formula is C16H18N6O2. The number of aromatic nitrogens is 4. The van der Waals surface area contributed by atoms with Gasteiger partial charge in [0, 0.05) is 13.6 Å². The standard InChI is InChI=1S/C16H18N6O2/c1-3-9-22-12-13(21(2)16(24)19-14(12)23)18-15(22)20-17-10-11-7-5-4-6-8-11/h4-8,10H,3,9H2,1-2H3,(H,18,20)(H,19,23,24)/b17-10-. The summed E-state index contributed by atoms with van der Waals surface area (Å²) in [6.45, 7) is 2.58. The summed E-state index contributed by atoms with van der Waals surface area (Å²) in [6.07, 6.45) is 2.48. The summed E-state index contributed by atoms with van der Waals surface area (Å²) in [5.41, 5.74) is 3.54. The number of imidazole rings is 1. The first-order chi connectivity index (χ1) is 11.6. The van der Waals surface area contributed by atoms with Crippen LogP contribution in [0.1, 0.15) is 18.9 Å². The van der Waals surface area contributed by atoms with Crippen LogP contribution in [0.2, 0.25) is 0 Å². The van der Waals surface area contributed by atoms with E-state index >= 15 is 0 Å². The molecule has 2 N–H and O–H groups in total. The number of aryl methyl sites for hydroxylation is 2. The summed E-state index contributed by atoms with van der Waals surface area (Å²) in [7, 11) is 1.57. The number of H-pyrrole nitrogens is 1. The summed E-state index contributed by atoms with van der Waals surface area (Å²) >= 11 is 0. The Morgan fingerprint density at radius 3 is 2.75 bits per heavy atom. The lowest BCUT2D eigenvalue weighted by atomic mass is 10.2. The first-order valence-corrected chi connectivity index (χ1v) is 7.65. The maximum Gasteiger partial charge on any atom is 0.329 e. The minimum absolute atomic E-state index is 0.328. The Balaban J connectivity index is 2.04. The van der Waals surface area contributed by atoms with E-state index in [1.165, 1.54) is 4.57 Å². The molecule has 0 amide bonds. The zero-order chi connectivity index (χ0) is 17.1. The lowest BCUT2D eigenvalue weighted by Crippen LogP contribution is -2.29. The first kappa shape index (κ1) is 15.7. The van der Waals surface area contributed by atoms with Crippen molar-refractivity contribution in [2.75, 3.05) is 5.43 Å². The van der Waals surface area contributed by atoms with Crippen molar-refractivity contribution in [2.24, 2.45) is 12.1 Å². The van der Waals surface area contributed by atoms with Crippen molar-refractivity contribution in [1.82, 2.24) is 19.1 Å². The van der Waals surface area contributed by atoms with Gasteiger partial charge in [0.2, 0.25) is 5.95 Å². The zero-order valence-electron chi connectivity index (χ0n) is 13.5. The van der Waals surface area contributed by atoms with Crippen LogP contribution in [-0.2, 0) is 13.6 Å². The van der Waals surface area contributed by atoms with Crippen molar-refractivity contribution in [3.8, 4) is 0 Å². The lowest BCUT2D eigenvalue weighted by molar-refractivity contribution is 0.698. The molecule has 0 fully saturated rings. The van der Waals surface area contributed by atoms with E-state index in [0.29, 0.717) is 23.7 Å². The highest BCUT2D eigenvalue weighted by atomic mass is 16.2. The number of rotatable bonds is 5. The first-order valence-electron chi connectivity index (χ1n) is 7.65. The van der Waals surface area contributed by atoms with Crippen molar-refractivity contribution < 1.29 is 0 Å². The number of nitrogens with zero attached hydrogens (tertiary/aromatic N) is 4. The van der Waals surface area contributed by atoms with Crippen LogP contribution >= 0.6 is 0 Å². The summed E-state index contributed by atoms with van der Waals surface area (Å²) in [5, 5.41) is 4.17. The highest BCUT2D eigenvalue weighted by molar-refractivity contribution is 5.80. The number of hydrogen-bond donors (Lipinski definition) is 2. The third-order valence-electron chi connectivity index (χ3n) is 3.63. The van der Waals surface area contributed by atoms with E-state index in [1.807, 2.05) is 37.3 Å². The maximum absolute atomic E-state index is 12.2. The second kappa shape index (κ2) is 6.53. The average molecular weight is 326 g/mol. The molecule has 3 aromatic rings. The van der Waals surface area contributed by atoms with Gasteiger partial charge in [-0.05, 0) is 12.0 Å². The SMILES string of the molecule is CCCn1c(N/N=C\c2ccccc2)nc2c1c(=O)[nH]c(=O)n2C. The molecule has 1 aromatic carbocycles. The van der Waals surface area contributed by atoms with Crippen LogP contribution < -0.4 is 16.7 Å². The fourth-order valence-electron chi connectivity index (χ4n) is 2.46. The third kappa shape index (κ3) is 2.85. The molecule has 0 aliphatic rings. The molecule has 0 aliphatic heterocycles. The summed E-state index contributed by atoms with van der Waals surface area (Å²) < 4.78 is 3.05. The third-order valence-corrected chi connectivity index (χ3v) is 3.63. The average Bonchev–Trinajstić information content (AvgIpc) is 2.93. The van der Waals surface area contributed by atoms with E-state index in [1.54, 1.807) is 17.8 Å². The van der Waals surface area contributed by atoms with Crippen molar-refractivity contribution in [1.29, 1.82) is 0 Å². The Morgan fingerprint density at radius 1 is 1.29 bits per heavy atom. The van der Waals surface area contributed by atoms with Crippen LogP contribution in [0.15, 0.2) is 45.0 Å². The Kier molecular flexibility index (Phi) is 4.28. The molecule has 0 atom stereocenters. The Labute approximate surface area is 137 Å². The normalized spacial score (nSPS) is 11.4. The molecule has 0 saturated heterocycles. The predicted molar refractivity (Wildman–Crippen MR) is 93.5 cm³/mol. The molecule has 2 heterocycles. The van der Waals surface area contributed by atoms with E-state index in [9.17, 15) is 9.59 Å². The molecule has 0 bridgehead atoms. The number of hydrogen-bond acceptors (Lipinski definition) is 5. The van der Waals surface area contributed by atoms with Gasteiger partial charge in [0.25, 0.3) is 5.56 Å². The van der Waals surface area contributed by atoms with Gasteiger partial charge in [-0.2, -0.15) is 10.1 Å². The monoisotopic (exact) mass is 326 g/mol. The van der Waals surface area contributed by atoms with Crippen LogP contribution in [-0.4, -0.2) is 25.3 Å². The van der Waals surface area contributed by atoms with Gasteiger partial charge in [-0.15, -0.1) is 0 Å². The lowest BCUT2D eigenvalue weighted by Gasteiger charge is -2.05. The molecule has 124 valence electrons. The topological polar surface area (TPSA) is 97.1 Å². The molecular weight excluding hydrogens is 308 g/mol. The van der Waals surface area contributed by atoms with Crippen molar-refractivity contribution in [3.63, 3.8) is 0 Å². The van der Waals surface area contributed by atoms with Gasteiger partial charge in [-0.1, -0.05) is 37.3 Å². The number of benzene rings is 1. The molecule has 0 aliphatic carbocycles. The fraction of sp³-hybridized carbons (Fsp3) is 0.250. The van der Waals surface area contributed by atoms with Gasteiger partial charge in [0.1, 0.15) is 0 Å². The molecule has 8 nitrogen and oxygen atoms in total. The molecule has 24 heavy (non-hydrogen) atoms. The Morgan fingerprint density at radius 2 is 2.04 bits per heavy atom. The Hall–Kier alpha value is -3.16. The van der Waals surface area contributed by atoms with Crippen LogP contribution in [0.4, 0.5) is 5.95 Å². The predicted octanol–water partition coefficient (Wildman–Crippen LogP) is 1.28. The molecule has 0 spiro atoms. The van der Waals surface area contributed by atoms with E-state index in [-0.39, 0.29) is 0 Å². The van der Waals surface area contributed by atoms with Crippen LogP contribution in [0, 0.1) is 0 Å². The van der Waals surface area contributed by atoms with Gasteiger partial charge >= 0.3 is 5.69 Å². The van der Waals surface area contributed by atoms with E-state index < -0.39 is 11.2 Å². The zero-order valence-corrected chi connectivity index (χ0v) is 13.5. The molecule has 3 rings (SSSR count). The molecule has 0 radical (unpaired) electrons. The quantitative estimate of drug-likeness (QED) is 0.545. The molecule has 0 unspecified atom stereocenters. The van der Waals surface area contributed by atoms with Crippen LogP contribution in [0.3, 0.4) is 0 Å². The Bertz CT molecular complexity index is 997. The van der Waals surface area contributed by atoms with Gasteiger partial charge in [0.05, 0.1) is 6.21 Å². The smallest absolute Gasteiger partial charge is 0.303 e. The maximum atomic E-state index is 12.2. The van der Waals surface area contributed by atoms with Crippen molar-refractivity contribution in [2.45, 2.75) is 19.9 Å². The minimum Gasteiger partial charge on any atom is -0.303 e. The molecule has 8 heteroatoms. The number of hydrazone groups is 1. The van der Waals surface area contributed by atoms with Crippen molar-refractivity contribution >= 4 is 23.3 Å². The van der Waals surface area contributed by atoms with Crippen LogP contribution in [0.5, 0.6) is 0 Å². The van der Waals surface area contributed by atoms with Crippen molar-refractivity contribution in [3.05, 3.63) is 56.7 Å². The van der Waals surface area contributed by atoms with Gasteiger partial charge in [0.15, 0.2) is 11.2 Å². The second-order valence-corrected chi connectivity index (χ2v) is 5.36. The van der Waals surface area contributed by atoms with E-state index in [0.717, 1.165) is 12.0 Å². The van der Waals surface area contributed by atoms with E-state index in [2.05, 4.69) is 20.5 Å². The van der Waals surface area contributed by atoms with Gasteiger partial charge in [-0.25, -0.2) is 10.2 Å². The molecule has 2 aromatic heterocycles. The summed E-state index contributed by atoms with van der Waals surface area (Å²) in [4.78, 5) is 30.6. The minimum atomic E-state index is -0.493. The largest absolute Gasteiger partial charge is 0.329 e. The number of nitrogens with one attached hydrogen (secondary N) is 2. The second-order valence-electron chi connectivity index (χ2n) is 5.36. The highest BCUT2D eigenvalue weighted by Gasteiger charge is 2.16. The fourth-order valence-corrected chi connectivity index (χ4v) is 2.46. The van der Waals surface area contributed by atoms with Crippen LogP contribution in [0.25, 0.3) is 11.2 Å². The van der Waals surface area contributed by atoms with Gasteiger partial charge < -0.3 is 4.57 Å². The molecule has 0 saturated carbocycles. The number of aromatic amines is 1. The summed E-state index contributed by atoms with van der Waals surface area (Å²) in [5.74, 6) is 0.422. The van der Waals surface area contributed by atoms with E-state index in [4.69, 9.17) is 0 Å².